The number of nitro benzene ring substituents is 1. The van der Waals surface area contributed by atoms with Crippen LogP contribution in [0, 0.1) is 10.1 Å². The zero-order valence-corrected chi connectivity index (χ0v) is 16.5. The van der Waals surface area contributed by atoms with Crippen molar-refractivity contribution in [3.05, 3.63) is 58.1 Å². The van der Waals surface area contributed by atoms with Crippen LogP contribution in [0.3, 0.4) is 0 Å². The van der Waals surface area contributed by atoms with Crippen molar-refractivity contribution in [1.82, 2.24) is 0 Å². The molecule has 10 heteroatoms. The van der Waals surface area contributed by atoms with E-state index >= 15 is 0 Å². The lowest BCUT2D eigenvalue weighted by molar-refractivity contribution is -0.383. The number of ether oxygens (including phenoxy) is 3. The standard InChI is InChI=1S/C20H20N2O8/c1-12(23)14-8-9-17(18(10-14)28-3)29-11-19(24)30-13(2)20(25)21-15-6-4-5-7-16(15)22(26)27/h4-10,13H,11H2,1-3H3,(H,21,25)/t13-/m1/s1. The predicted octanol–water partition coefficient (Wildman–Crippen LogP) is 2.76. The summed E-state index contributed by atoms with van der Waals surface area (Å²) in [7, 11) is 1.39. The number of para-hydroxylation sites is 2. The number of nitro groups is 1. The van der Waals surface area contributed by atoms with E-state index in [1.165, 1.54) is 63.4 Å². The molecule has 0 radical (unpaired) electrons. The van der Waals surface area contributed by atoms with Gasteiger partial charge in [0.05, 0.1) is 12.0 Å². The number of nitrogens with zero attached hydrogens (tertiary/aromatic N) is 1. The molecule has 1 amide bonds. The molecule has 0 aliphatic carbocycles. The molecule has 10 nitrogen and oxygen atoms in total. The van der Waals surface area contributed by atoms with E-state index in [-0.39, 0.29) is 28.7 Å². The van der Waals surface area contributed by atoms with Crippen molar-refractivity contribution in [3.8, 4) is 11.5 Å². The molecule has 0 saturated carbocycles. The largest absolute Gasteiger partial charge is 0.493 e. The molecule has 30 heavy (non-hydrogen) atoms. The number of hydrogen-bond acceptors (Lipinski definition) is 8. The minimum absolute atomic E-state index is 0.0121. The highest BCUT2D eigenvalue weighted by molar-refractivity contribution is 5.97. The van der Waals surface area contributed by atoms with Crippen molar-refractivity contribution in [3.63, 3.8) is 0 Å². The smallest absolute Gasteiger partial charge is 0.344 e. The maximum Gasteiger partial charge on any atom is 0.344 e. The van der Waals surface area contributed by atoms with Gasteiger partial charge in [-0.2, -0.15) is 0 Å². The summed E-state index contributed by atoms with van der Waals surface area (Å²) in [6, 6.07) is 10.1. The van der Waals surface area contributed by atoms with Gasteiger partial charge in [-0.1, -0.05) is 12.1 Å². The number of nitrogens with one attached hydrogen (secondary N) is 1. The SMILES string of the molecule is COc1cc(C(C)=O)ccc1OCC(=O)O[C@H](C)C(=O)Nc1ccccc1[N+](=O)[O-]. The van der Waals surface area contributed by atoms with Crippen LogP contribution < -0.4 is 14.8 Å². The van der Waals surface area contributed by atoms with Crippen molar-refractivity contribution >= 4 is 29.0 Å². The van der Waals surface area contributed by atoms with Crippen LogP contribution in [0.2, 0.25) is 0 Å². The zero-order valence-electron chi connectivity index (χ0n) is 16.5. The third-order valence-corrected chi connectivity index (χ3v) is 3.95. The Morgan fingerprint density at radius 1 is 1.13 bits per heavy atom. The number of carbonyl (C=O) groups excluding carboxylic acids is 3. The van der Waals surface area contributed by atoms with Gasteiger partial charge < -0.3 is 19.5 Å². The summed E-state index contributed by atoms with van der Waals surface area (Å²) in [4.78, 5) is 46.0. The van der Waals surface area contributed by atoms with E-state index in [9.17, 15) is 24.5 Å². The Bertz CT molecular complexity index is 973. The van der Waals surface area contributed by atoms with Gasteiger partial charge in [0.25, 0.3) is 11.6 Å². The molecule has 1 N–H and O–H groups in total. The van der Waals surface area contributed by atoms with Crippen LogP contribution in [0.4, 0.5) is 11.4 Å². The molecule has 2 rings (SSSR count). The van der Waals surface area contributed by atoms with Gasteiger partial charge in [-0.25, -0.2) is 4.79 Å². The molecule has 2 aromatic rings. The van der Waals surface area contributed by atoms with Crippen molar-refractivity contribution in [2.75, 3.05) is 19.0 Å². The average molecular weight is 416 g/mol. The molecule has 0 unspecified atom stereocenters. The van der Waals surface area contributed by atoms with Gasteiger partial charge in [-0.05, 0) is 38.1 Å². The molecular formula is C20H20N2O8. The summed E-state index contributed by atoms with van der Waals surface area (Å²) in [6.45, 7) is 2.21. The highest BCUT2D eigenvalue weighted by atomic mass is 16.6. The molecule has 0 spiro atoms. The maximum absolute atomic E-state index is 12.2. The zero-order chi connectivity index (χ0) is 22.3. The molecule has 0 bridgehead atoms. The lowest BCUT2D eigenvalue weighted by Crippen LogP contribution is -2.31. The first-order valence-corrected chi connectivity index (χ1v) is 8.78. The highest BCUT2D eigenvalue weighted by Gasteiger charge is 2.22. The third kappa shape index (κ3) is 5.77. The molecule has 0 aromatic heterocycles. The molecule has 1 atom stereocenters. The van der Waals surface area contributed by atoms with Crippen molar-refractivity contribution in [2.45, 2.75) is 20.0 Å². The molecule has 2 aromatic carbocycles. The van der Waals surface area contributed by atoms with Gasteiger partial charge in [0, 0.05) is 11.6 Å². The summed E-state index contributed by atoms with van der Waals surface area (Å²) in [5.41, 5.74) is 0.123. The van der Waals surface area contributed by atoms with Crippen LogP contribution >= 0.6 is 0 Å². The van der Waals surface area contributed by atoms with Crippen molar-refractivity contribution in [1.29, 1.82) is 0 Å². The fourth-order valence-corrected chi connectivity index (χ4v) is 2.40. The summed E-state index contributed by atoms with van der Waals surface area (Å²) in [5, 5.41) is 13.4. The first-order valence-electron chi connectivity index (χ1n) is 8.78. The Balaban J connectivity index is 1.94. The van der Waals surface area contributed by atoms with E-state index in [4.69, 9.17) is 14.2 Å². The van der Waals surface area contributed by atoms with E-state index in [0.717, 1.165) is 0 Å². The maximum atomic E-state index is 12.2. The Hall–Kier alpha value is -3.95. The number of carbonyl (C=O) groups is 3. The summed E-state index contributed by atoms with van der Waals surface area (Å²) < 4.78 is 15.5. The fraction of sp³-hybridized carbons (Fsp3) is 0.250. The Morgan fingerprint density at radius 3 is 2.47 bits per heavy atom. The van der Waals surface area contributed by atoms with Crippen LogP contribution in [0.5, 0.6) is 11.5 Å². The lowest BCUT2D eigenvalue weighted by atomic mass is 10.1. The molecular weight excluding hydrogens is 396 g/mol. The molecule has 0 aliphatic heterocycles. The van der Waals surface area contributed by atoms with E-state index in [2.05, 4.69) is 5.32 Å². The number of methoxy groups -OCH3 is 1. The molecule has 0 aliphatic rings. The molecule has 158 valence electrons. The second-order valence-corrected chi connectivity index (χ2v) is 6.11. The topological polar surface area (TPSA) is 134 Å². The quantitative estimate of drug-likeness (QED) is 0.285. The van der Waals surface area contributed by atoms with Crippen LogP contribution in [-0.2, 0) is 14.3 Å². The number of hydrogen-bond donors (Lipinski definition) is 1. The first kappa shape index (κ1) is 22.3. The summed E-state index contributed by atoms with van der Waals surface area (Å²) >= 11 is 0. The van der Waals surface area contributed by atoms with Crippen molar-refractivity contribution in [2.24, 2.45) is 0 Å². The van der Waals surface area contributed by atoms with Gasteiger partial charge in [0.2, 0.25) is 0 Å². The Morgan fingerprint density at radius 2 is 1.83 bits per heavy atom. The Kier molecular flexibility index (Phi) is 7.45. The minimum atomic E-state index is -1.22. The van der Waals surface area contributed by atoms with Crippen LogP contribution in [0.25, 0.3) is 0 Å². The van der Waals surface area contributed by atoms with E-state index in [1.807, 2.05) is 0 Å². The summed E-state index contributed by atoms with van der Waals surface area (Å²) in [5.74, 6) is -1.24. The van der Waals surface area contributed by atoms with E-state index < -0.39 is 29.5 Å². The van der Waals surface area contributed by atoms with Crippen molar-refractivity contribution < 1.29 is 33.5 Å². The highest BCUT2D eigenvalue weighted by Crippen LogP contribution is 2.28. The normalized spacial score (nSPS) is 11.2. The lowest BCUT2D eigenvalue weighted by Gasteiger charge is -2.15. The third-order valence-electron chi connectivity index (χ3n) is 3.95. The van der Waals surface area contributed by atoms with E-state index in [0.29, 0.717) is 5.56 Å². The average Bonchev–Trinajstić information content (AvgIpc) is 2.72. The predicted molar refractivity (Wildman–Crippen MR) is 106 cm³/mol. The van der Waals surface area contributed by atoms with Crippen LogP contribution in [-0.4, -0.2) is 42.4 Å². The molecule has 0 fully saturated rings. The fourth-order valence-electron chi connectivity index (χ4n) is 2.40. The number of Topliss-reactive ketones (excluding diaryl/α,β-unsaturated/α-hetero) is 1. The van der Waals surface area contributed by atoms with Gasteiger partial charge in [-0.3, -0.25) is 19.7 Å². The number of ketones is 1. The second kappa shape index (κ2) is 10.0. The van der Waals surface area contributed by atoms with Gasteiger partial charge in [-0.15, -0.1) is 0 Å². The van der Waals surface area contributed by atoms with Crippen LogP contribution in [0.15, 0.2) is 42.5 Å². The van der Waals surface area contributed by atoms with Gasteiger partial charge in [0.15, 0.2) is 30.0 Å². The molecule has 0 saturated heterocycles. The number of anilines is 1. The molecule has 0 heterocycles. The summed E-state index contributed by atoms with van der Waals surface area (Å²) in [6.07, 6.45) is -1.22. The van der Waals surface area contributed by atoms with Gasteiger partial charge in [0.1, 0.15) is 5.69 Å². The first-order chi connectivity index (χ1) is 14.2. The minimum Gasteiger partial charge on any atom is -0.493 e. The Labute approximate surface area is 171 Å². The monoisotopic (exact) mass is 416 g/mol. The second-order valence-electron chi connectivity index (χ2n) is 6.11. The number of esters is 1. The van der Waals surface area contributed by atoms with Crippen LogP contribution in [0.1, 0.15) is 24.2 Å². The van der Waals surface area contributed by atoms with Gasteiger partial charge >= 0.3 is 5.97 Å². The number of amides is 1. The number of rotatable bonds is 9. The number of benzene rings is 2. The van der Waals surface area contributed by atoms with E-state index in [1.54, 1.807) is 0 Å².